The molecular weight excluding hydrogens is 380 g/mol. The molecule has 168 valence electrons. The minimum absolute atomic E-state index is 0.0619. The van der Waals surface area contributed by atoms with E-state index in [1.807, 2.05) is 0 Å². The smallest absolute Gasteiger partial charge is 0.222 e. The molecule has 0 aromatic heterocycles. The molecule has 0 aromatic carbocycles. The summed E-state index contributed by atoms with van der Waals surface area (Å²) >= 11 is 0. The van der Waals surface area contributed by atoms with Gasteiger partial charge in [-0.1, -0.05) is 0 Å². The summed E-state index contributed by atoms with van der Waals surface area (Å²) in [5, 5.41) is 5.84. The molecule has 0 atom stereocenters. The normalized spacial score (nSPS) is 16.0. The van der Waals surface area contributed by atoms with E-state index in [-0.39, 0.29) is 11.8 Å². The van der Waals surface area contributed by atoms with Gasteiger partial charge < -0.3 is 34.3 Å². The number of amides is 2. The summed E-state index contributed by atoms with van der Waals surface area (Å²) in [5.41, 5.74) is 0. The van der Waals surface area contributed by atoms with E-state index < -0.39 is 0 Å². The first-order valence-corrected chi connectivity index (χ1v) is 10.7. The van der Waals surface area contributed by atoms with Gasteiger partial charge in [-0.3, -0.25) is 9.59 Å². The van der Waals surface area contributed by atoms with Gasteiger partial charge in [-0.25, -0.2) is 0 Å². The van der Waals surface area contributed by atoms with E-state index >= 15 is 0 Å². The summed E-state index contributed by atoms with van der Waals surface area (Å²) < 4.78 is 26.9. The third kappa shape index (κ3) is 15.3. The number of carbonyl (C=O) groups excluding carboxylic acids is 2. The second-order valence-corrected chi connectivity index (χ2v) is 7.25. The second kappa shape index (κ2) is 15.6. The number of hydrogen-bond donors (Lipinski definition) is 2. The largest absolute Gasteiger partial charge is 0.379 e. The molecule has 2 aliphatic rings. The molecule has 0 aromatic rings. The van der Waals surface area contributed by atoms with Crippen LogP contribution in [0.4, 0.5) is 0 Å². The van der Waals surface area contributed by atoms with Crippen LogP contribution in [0.1, 0.15) is 38.5 Å². The zero-order chi connectivity index (χ0) is 20.6. The average Bonchev–Trinajstić information content (AvgIpc) is 3.61. The van der Waals surface area contributed by atoms with Crippen LogP contribution in [0.5, 0.6) is 0 Å². The molecule has 2 saturated carbocycles. The lowest BCUT2D eigenvalue weighted by Crippen LogP contribution is -2.26. The molecule has 2 aliphatic carbocycles. The van der Waals surface area contributed by atoms with Crippen LogP contribution >= 0.6 is 0 Å². The maximum atomic E-state index is 11.4. The van der Waals surface area contributed by atoms with Crippen LogP contribution in [-0.4, -0.2) is 90.0 Å². The van der Waals surface area contributed by atoms with E-state index in [0.29, 0.717) is 91.0 Å². The molecule has 2 N–H and O–H groups in total. The van der Waals surface area contributed by atoms with Crippen molar-refractivity contribution in [1.82, 2.24) is 10.6 Å². The first kappa shape index (κ1) is 24.0. The summed E-state index contributed by atoms with van der Waals surface area (Å²) in [6.45, 7) is 4.76. The third-order valence-electron chi connectivity index (χ3n) is 4.32. The van der Waals surface area contributed by atoms with Crippen LogP contribution in [0.15, 0.2) is 0 Å². The topological polar surface area (TPSA) is 104 Å². The Hall–Kier alpha value is -1.26. The summed E-state index contributed by atoms with van der Waals surface area (Å²) in [6, 6.07) is 0.807. The van der Waals surface area contributed by atoms with Crippen molar-refractivity contribution >= 4 is 11.8 Å². The summed E-state index contributed by atoms with van der Waals surface area (Å²) in [4.78, 5) is 22.9. The van der Waals surface area contributed by atoms with Crippen molar-refractivity contribution in [2.45, 2.75) is 50.6 Å². The maximum absolute atomic E-state index is 11.4. The van der Waals surface area contributed by atoms with Gasteiger partial charge in [-0.2, -0.15) is 0 Å². The van der Waals surface area contributed by atoms with Crippen molar-refractivity contribution in [2.75, 3.05) is 66.1 Å². The minimum Gasteiger partial charge on any atom is -0.379 e. The highest BCUT2D eigenvalue weighted by Crippen LogP contribution is 2.19. The molecule has 2 fully saturated rings. The Balaban J connectivity index is 1.18. The van der Waals surface area contributed by atoms with Crippen LogP contribution in [0.25, 0.3) is 0 Å². The van der Waals surface area contributed by atoms with Gasteiger partial charge in [0.1, 0.15) is 0 Å². The molecular formula is C20H36N2O7. The van der Waals surface area contributed by atoms with E-state index in [9.17, 15) is 9.59 Å². The third-order valence-corrected chi connectivity index (χ3v) is 4.32. The maximum Gasteiger partial charge on any atom is 0.222 e. The Labute approximate surface area is 173 Å². The molecule has 0 spiro atoms. The molecule has 0 bridgehead atoms. The predicted octanol–water partition coefficient (Wildman–Crippen LogP) is 0.407. The van der Waals surface area contributed by atoms with Crippen molar-refractivity contribution < 1.29 is 33.3 Å². The fourth-order valence-corrected chi connectivity index (χ4v) is 2.37. The van der Waals surface area contributed by atoms with Crippen LogP contribution in [0.2, 0.25) is 0 Å². The molecule has 0 unspecified atom stereocenters. The van der Waals surface area contributed by atoms with Crippen molar-refractivity contribution in [3.8, 4) is 0 Å². The Kier molecular flexibility index (Phi) is 12.9. The number of ether oxygens (including phenoxy) is 5. The monoisotopic (exact) mass is 416 g/mol. The van der Waals surface area contributed by atoms with Crippen molar-refractivity contribution in [3.63, 3.8) is 0 Å². The van der Waals surface area contributed by atoms with Gasteiger partial charge in [0.2, 0.25) is 11.8 Å². The Morgan fingerprint density at radius 2 is 0.793 bits per heavy atom. The lowest BCUT2D eigenvalue weighted by atomic mass is 10.4. The quantitative estimate of drug-likeness (QED) is 0.277. The highest BCUT2D eigenvalue weighted by atomic mass is 16.6. The lowest BCUT2D eigenvalue weighted by molar-refractivity contribution is -0.123. The first-order valence-electron chi connectivity index (χ1n) is 10.7. The van der Waals surface area contributed by atoms with E-state index in [1.165, 1.54) is 0 Å². The molecule has 9 nitrogen and oxygen atoms in total. The van der Waals surface area contributed by atoms with Gasteiger partial charge in [0, 0.05) is 24.9 Å². The zero-order valence-corrected chi connectivity index (χ0v) is 17.3. The standard InChI is InChI=1S/C20H36N2O7/c23-19(21-17-1-2-17)5-7-25-9-11-27-13-15-29-16-14-28-12-10-26-8-6-20(24)22-18-3-4-18/h17-18H,1-16H2,(H,21,23)(H,22,24). The second-order valence-electron chi connectivity index (χ2n) is 7.25. The molecule has 0 radical (unpaired) electrons. The average molecular weight is 417 g/mol. The Bertz CT molecular complexity index is 416. The Morgan fingerprint density at radius 3 is 1.07 bits per heavy atom. The first-order chi connectivity index (χ1) is 14.2. The van der Waals surface area contributed by atoms with Crippen LogP contribution in [0, 0.1) is 0 Å². The van der Waals surface area contributed by atoms with Crippen molar-refractivity contribution in [3.05, 3.63) is 0 Å². The highest BCUT2D eigenvalue weighted by Gasteiger charge is 2.23. The molecule has 29 heavy (non-hydrogen) atoms. The number of nitrogens with one attached hydrogen (secondary N) is 2. The predicted molar refractivity (Wildman–Crippen MR) is 106 cm³/mol. The van der Waals surface area contributed by atoms with Gasteiger partial charge in [-0.05, 0) is 25.7 Å². The summed E-state index contributed by atoms with van der Waals surface area (Å²) in [6.07, 6.45) is 5.21. The number of rotatable bonds is 20. The van der Waals surface area contributed by atoms with Gasteiger partial charge in [0.15, 0.2) is 0 Å². The van der Waals surface area contributed by atoms with Gasteiger partial charge >= 0.3 is 0 Å². The zero-order valence-electron chi connectivity index (χ0n) is 17.3. The molecule has 2 rings (SSSR count). The number of carbonyl (C=O) groups is 2. The summed E-state index contributed by atoms with van der Waals surface area (Å²) in [5.74, 6) is 0.124. The summed E-state index contributed by atoms with van der Waals surface area (Å²) in [7, 11) is 0. The van der Waals surface area contributed by atoms with E-state index in [1.54, 1.807) is 0 Å². The van der Waals surface area contributed by atoms with Crippen molar-refractivity contribution in [2.24, 2.45) is 0 Å². The lowest BCUT2D eigenvalue weighted by Gasteiger charge is -2.08. The molecule has 0 heterocycles. The van der Waals surface area contributed by atoms with Crippen LogP contribution in [-0.2, 0) is 33.3 Å². The van der Waals surface area contributed by atoms with E-state index in [4.69, 9.17) is 23.7 Å². The van der Waals surface area contributed by atoms with Gasteiger partial charge in [0.25, 0.3) is 0 Å². The van der Waals surface area contributed by atoms with Gasteiger partial charge in [-0.15, -0.1) is 0 Å². The fraction of sp³-hybridized carbons (Fsp3) is 0.900. The molecule has 2 amide bonds. The van der Waals surface area contributed by atoms with E-state index in [0.717, 1.165) is 25.7 Å². The van der Waals surface area contributed by atoms with Crippen molar-refractivity contribution in [1.29, 1.82) is 0 Å². The molecule has 9 heteroatoms. The fourth-order valence-electron chi connectivity index (χ4n) is 2.37. The Morgan fingerprint density at radius 1 is 0.517 bits per heavy atom. The minimum atomic E-state index is 0.0619. The van der Waals surface area contributed by atoms with E-state index in [2.05, 4.69) is 10.6 Å². The molecule has 0 saturated heterocycles. The van der Waals surface area contributed by atoms with Gasteiger partial charge in [0.05, 0.1) is 66.1 Å². The SMILES string of the molecule is O=C(CCOCCOCCOCCOCCOCCC(=O)NC1CC1)NC1CC1. The number of hydrogen-bond acceptors (Lipinski definition) is 7. The molecule has 0 aliphatic heterocycles. The van der Waals surface area contributed by atoms with Crippen LogP contribution in [0.3, 0.4) is 0 Å². The van der Waals surface area contributed by atoms with Crippen LogP contribution < -0.4 is 10.6 Å². The highest BCUT2D eigenvalue weighted by molar-refractivity contribution is 5.77.